The van der Waals surface area contributed by atoms with Crippen molar-refractivity contribution in [3.05, 3.63) is 64.5 Å². The minimum atomic E-state index is -0.626. The Balaban J connectivity index is 1.66. The molecular weight excluding hydrogens is 366 g/mol. The van der Waals surface area contributed by atoms with Crippen molar-refractivity contribution in [2.45, 2.75) is 47.3 Å². The van der Waals surface area contributed by atoms with Gasteiger partial charge in [0.05, 0.1) is 6.54 Å². The van der Waals surface area contributed by atoms with E-state index in [-0.39, 0.29) is 12.5 Å². The number of ether oxygens (including phenoxy) is 1. The quantitative estimate of drug-likeness (QED) is 0.621. The number of hydrogen-bond acceptors (Lipinski definition) is 5. The number of carbonyl (C=O) groups excluding carboxylic acids is 1. The molecule has 0 bridgehead atoms. The van der Waals surface area contributed by atoms with Gasteiger partial charge in [-0.25, -0.2) is 0 Å². The molecule has 0 saturated carbocycles. The first kappa shape index (κ1) is 20.6. The molecule has 0 aliphatic rings. The summed E-state index contributed by atoms with van der Waals surface area (Å²) in [6.45, 7) is 10.0. The Morgan fingerprint density at radius 3 is 2.62 bits per heavy atom. The van der Waals surface area contributed by atoms with Crippen molar-refractivity contribution < 1.29 is 14.1 Å². The van der Waals surface area contributed by atoms with Gasteiger partial charge in [0, 0.05) is 12.6 Å². The van der Waals surface area contributed by atoms with Gasteiger partial charge in [0.2, 0.25) is 11.7 Å². The number of nitrogens with zero attached hydrogens (tertiary/aromatic N) is 3. The summed E-state index contributed by atoms with van der Waals surface area (Å²) in [4.78, 5) is 18.7. The highest BCUT2D eigenvalue weighted by atomic mass is 16.5. The predicted octanol–water partition coefficient (Wildman–Crippen LogP) is 4.40. The number of benzene rings is 2. The minimum absolute atomic E-state index is 0.154. The normalized spacial score (nSPS) is 11.9. The maximum atomic E-state index is 12.8. The second-order valence-electron chi connectivity index (χ2n) is 7.54. The molecule has 6 nitrogen and oxygen atoms in total. The van der Waals surface area contributed by atoms with Crippen molar-refractivity contribution in [2.24, 2.45) is 0 Å². The monoisotopic (exact) mass is 393 g/mol. The van der Waals surface area contributed by atoms with Crippen LogP contribution in [0.2, 0.25) is 0 Å². The zero-order chi connectivity index (χ0) is 21.1. The van der Waals surface area contributed by atoms with Gasteiger partial charge in [-0.15, -0.1) is 0 Å². The van der Waals surface area contributed by atoms with E-state index in [2.05, 4.69) is 16.2 Å². The van der Waals surface area contributed by atoms with Crippen LogP contribution in [0.1, 0.15) is 35.1 Å². The van der Waals surface area contributed by atoms with E-state index in [4.69, 9.17) is 9.26 Å². The molecule has 6 heteroatoms. The highest BCUT2D eigenvalue weighted by molar-refractivity contribution is 5.80. The van der Waals surface area contributed by atoms with E-state index in [0.29, 0.717) is 11.7 Å². The Kier molecular flexibility index (Phi) is 6.01. The fraction of sp³-hybridized carbons (Fsp3) is 0.348. The second-order valence-corrected chi connectivity index (χ2v) is 7.54. The third kappa shape index (κ3) is 4.83. The lowest BCUT2D eigenvalue weighted by atomic mass is 10.1. The van der Waals surface area contributed by atoms with Gasteiger partial charge in [0.25, 0.3) is 5.91 Å². The summed E-state index contributed by atoms with van der Waals surface area (Å²) >= 11 is 0. The fourth-order valence-corrected chi connectivity index (χ4v) is 3.18. The van der Waals surface area contributed by atoms with Crippen LogP contribution >= 0.6 is 0 Å². The second kappa shape index (κ2) is 8.47. The van der Waals surface area contributed by atoms with Crippen LogP contribution in [0.3, 0.4) is 0 Å². The molecule has 0 aliphatic carbocycles. The van der Waals surface area contributed by atoms with Gasteiger partial charge >= 0.3 is 0 Å². The Bertz CT molecular complexity index is 1030. The van der Waals surface area contributed by atoms with Gasteiger partial charge in [-0.3, -0.25) is 4.79 Å². The van der Waals surface area contributed by atoms with Crippen LogP contribution in [0.25, 0.3) is 11.4 Å². The molecule has 1 heterocycles. The molecule has 29 heavy (non-hydrogen) atoms. The number of aromatic nitrogens is 2. The first-order valence-electron chi connectivity index (χ1n) is 9.63. The van der Waals surface area contributed by atoms with Crippen LogP contribution in [0, 0.1) is 27.7 Å². The molecule has 0 fully saturated rings. The van der Waals surface area contributed by atoms with Crippen LogP contribution in [-0.2, 0) is 11.3 Å². The Hall–Kier alpha value is -3.15. The van der Waals surface area contributed by atoms with Gasteiger partial charge < -0.3 is 14.2 Å². The minimum Gasteiger partial charge on any atom is -0.481 e. The highest BCUT2D eigenvalue weighted by Crippen LogP contribution is 2.25. The van der Waals surface area contributed by atoms with Crippen LogP contribution in [0.4, 0.5) is 0 Å². The summed E-state index contributed by atoms with van der Waals surface area (Å²) in [5.41, 5.74) is 5.29. The zero-order valence-electron chi connectivity index (χ0n) is 17.8. The van der Waals surface area contributed by atoms with Gasteiger partial charge in [0.1, 0.15) is 5.75 Å². The fourth-order valence-electron chi connectivity index (χ4n) is 3.18. The summed E-state index contributed by atoms with van der Waals surface area (Å²) in [5.74, 6) is 1.47. The number of rotatable bonds is 6. The standard InChI is InChI=1S/C23H27N3O3/c1-14-8-7-9-19(11-14)22-24-21(29-25-22)13-26(6)23(27)18(5)28-20-12-15(2)10-16(3)17(20)4/h7-12,18H,13H2,1-6H3/t18-/m1/s1. The smallest absolute Gasteiger partial charge is 0.263 e. The zero-order valence-corrected chi connectivity index (χ0v) is 17.8. The first-order chi connectivity index (χ1) is 13.7. The first-order valence-corrected chi connectivity index (χ1v) is 9.63. The summed E-state index contributed by atoms with van der Waals surface area (Å²) < 4.78 is 11.3. The molecule has 0 unspecified atom stereocenters. The number of hydrogen-bond donors (Lipinski definition) is 0. The van der Waals surface area contributed by atoms with Crippen molar-refractivity contribution in [1.82, 2.24) is 15.0 Å². The van der Waals surface area contributed by atoms with Crippen LogP contribution < -0.4 is 4.74 Å². The Morgan fingerprint density at radius 2 is 1.90 bits per heavy atom. The molecule has 1 amide bonds. The average Bonchev–Trinajstić information content (AvgIpc) is 3.13. The summed E-state index contributed by atoms with van der Waals surface area (Å²) in [6.07, 6.45) is -0.626. The lowest BCUT2D eigenvalue weighted by molar-refractivity contribution is -0.137. The molecule has 3 aromatic rings. The number of carbonyl (C=O) groups is 1. The highest BCUT2D eigenvalue weighted by Gasteiger charge is 2.22. The van der Waals surface area contributed by atoms with E-state index in [9.17, 15) is 4.79 Å². The molecule has 1 atom stereocenters. The number of aryl methyl sites for hydroxylation is 3. The lowest BCUT2D eigenvalue weighted by Crippen LogP contribution is -2.37. The van der Waals surface area contributed by atoms with Crippen LogP contribution in [-0.4, -0.2) is 34.1 Å². The van der Waals surface area contributed by atoms with E-state index in [1.807, 2.05) is 58.0 Å². The maximum Gasteiger partial charge on any atom is 0.263 e. The van der Waals surface area contributed by atoms with Crippen molar-refractivity contribution in [2.75, 3.05) is 7.05 Å². The predicted molar refractivity (Wildman–Crippen MR) is 112 cm³/mol. The van der Waals surface area contributed by atoms with E-state index in [1.54, 1.807) is 14.0 Å². The molecular formula is C23H27N3O3. The molecule has 3 rings (SSSR count). The van der Waals surface area contributed by atoms with E-state index < -0.39 is 6.10 Å². The number of likely N-dealkylation sites (N-methyl/N-ethyl adjacent to an activating group) is 1. The molecule has 0 spiro atoms. The molecule has 0 saturated heterocycles. The molecule has 0 radical (unpaired) electrons. The van der Waals surface area contributed by atoms with E-state index in [1.165, 1.54) is 4.90 Å². The molecule has 0 N–H and O–H groups in total. The third-order valence-corrected chi connectivity index (χ3v) is 4.91. The Labute approximate surface area is 171 Å². The van der Waals surface area contributed by atoms with Gasteiger partial charge in [-0.2, -0.15) is 4.98 Å². The van der Waals surface area contributed by atoms with Crippen molar-refractivity contribution in [1.29, 1.82) is 0 Å². The third-order valence-electron chi connectivity index (χ3n) is 4.91. The average molecular weight is 393 g/mol. The number of amides is 1. The maximum absolute atomic E-state index is 12.8. The largest absolute Gasteiger partial charge is 0.481 e. The van der Waals surface area contributed by atoms with Crippen molar-refractivity contribution in [3.63, 3.8) is 0 Å². The summed E-state index contributed by atoms with van der Waals surface area (Å²) in [7, 11) is 1.70. The van der Waals surface area contributed by atoms with E-state index >= 15 is 0 Å². The molecule has 2 aromatic carbocycles. The SMILES string of the molecule is Cc1cccc(-c2noc(CN(C)C(=O)[C@@H](C)Oc3cc(C)cc(C)c3C)n2)c1. The van der Waals surface area contributed by atoms with Crippen LogP contribution in [0.15, 0.2) is 40.9 Å². The van der Waals surface area contributed by atoms with E-state index in [0.717, 1.165) is 33.6 Å². The Morgan fingerprint density at radius 1 is 1.14 bits per heavy atom. The van der Waals surface area contributed by atoms with Gasteiger partial charge in [-0.05, 0) is 63.4 Å². The molecule has 152 valence electrons. The van der Waals surface area contributed by atoms with Crippen molar-refractivity contribution >= 4 is 5.91 Å². The lowest BCUT2D eigenvalue weighted by Gasteiger charge is -2.22. The van der Waals surface area contributed by atoms with Gasteiger partial charge in [-0.1, -0.05) is 35.0 Å². The summed E-state index contributed by atoms with van der Waals surface area (Å²) in [5, 5.41) is 4.03. The van der Waals surface area contributed by atoms with Crippen molar-refractivity contribution in [3.8, 4) is 17.1 Å². The molecule has 1 aromatic heterocycles. The topological polar surface area (TPSA) is 68.5 Å². The molecule has 0 aliphatic heterocycles. The summed E-state index contributed by atoms with van der Waals surface area (Å²) in [6, 6.07) is 11.9. The van der Waals surface area contributed by atoms with Crippen LogP contribution in [0.5, 0.6) is 5.75 Å². The van der Waals surface area contributed by atoms with Gasteiger partial charge in [0.15, 0.2) is 6.10 Å².